The van der Waals surface area contributed by atoms with Crippen LogP contribution < -0.4 is 10.2 Å². The van der Waals surface area contributed by atoms with E-state index in [1.54, 1.807) is 59.9 Å². The quantitative estimate of drug-likeness (QED) is 0.190. The zero-order valence-electron chi connectivity index (χ0n) is 25.0. The van der Waals surface area contributed by atoms with Crippen LogP contribution >= 0.6 is 22.7 Å². The van der Waals surface area contributed by atoms with Gasteiger partial charge in [-0.1, -0.05) is 0 Å². The Hall–Kier alpha value is -4.46. The van der Waals surface area contributed by atoms with Crippen LogP contribution in [0.15, 0.2) is 96.7 Å². The monoisotopic (exact) mass is 628 g/mol. The molecule has 0 amide bonds. The molecule has 2 atom stereocenters. The molecule has 0 aliphatic carbocycles. The van der Waals surface area contributed by atoms with E-state index in [9.17, 15) is 0 Å². The Labute approximate surface area is 265 Å². The minimum Gasteiger partial charge on any atom is -0.381 e. The van der Waals surface area contributed by atoms with Crippen molar-refractivity contribution in [3.8, 4) is 0 Å². The molecule has 2 unspecified atom stereocenters. The van der Waals surface area contributed by atoms with Gasteiger partial charge in [-0.25, -0.2) is 9.97 Å². The van der Waals surface area contributed by atoms with E-state index >= 15 is 0 Å². The van der Waals surface area contributed by atoms with Crippen LogP contribution in [-0.2, 0) is 4.74 Å². The molecular weight excluding hydrogens is 593 g/mol. The number of thiazole rings is 2. The molecule has 7 rings (SSSR count). The first kappa shape index (κ1) is 31.0. The van der Waals surface area contributed by atoms with Gasteiger partial charge >= 0.3 is 0 Å². The fourth-order valence-corrected chi connectivity index (χ4v) is 5.47. The molecular formula is C31H36N10OS2. The first-order chi connectivity index (χ1) is 21.6. The van der Waals surface area contributed by atoms with Gasteiger partial charge in [-0.3, -0.25) is 19.3 Å². The van der Waals surface area contributed by atoms with E-state index in [2.05, 4.69) is 49.3 Å². The Morgan fingerprint density at radius 2 is 1.34 bits per heavy atom. The van der Waals surface area contributed by atoms with Gasteiger partial charge in [0.1, 0.15) is 0 Å². The number of anilines is 4. The maximum atomic E-state index is 4.94. The van der Waals surface area contributed by atoms with E-state index in [-0.39, 0.29) is 12.1 Å². The van der Waals surface area contributed by atoms with E-state index < -0.39 is 0 Å². The average molecular weight is 629 g/mol. The van der Waals surface area contributed by atoms with E-state index in [0.29, 0.717) is 0 Å². The predicted octanol–water partition coefficient (Wildman–Crippen LogP) is 7.00. The summed E-state index contributed by atoms with van der Waals surface area (Å²) in [6.45, 7) is 6.23. The summed E-state index contributed by atoms with van der Waals surface area (Å²) >= 11 is 3.15. The van der Waals surface area contributed by atoms with Gasteiger partial charge in [0.15, 0.2) is 21.9 Å². The Balaban J connectivity index is 0.000000151. The van der Waals surface area contributed by atoms with Crippen molar-refractivity contribution in [1.82, 2.24) is 39.5 Å². The molecule has 0 spiro atoms. The van der Waals surface area contributed by atoms with Gasteiger partial charge in [0, 0.05) is 92.7 Å². The van der Waals surface area contributed by atoms with Crippen molar-refractivity contribution >= 4 is 44.6 Å². The fraction of sp³-hybridized carbons (Fsp3) is 0.290. The van der Waals surface area contributed by atoms with Gasteiger partial charge in [-0.05, 0) is 62.1 Å². The van der Waals surface area contributed by atoms with Crippen LogP contribution in [-0.4, -0.2) is 59.8 Å². The van der Waals surface area contributed by atoms with Crippen LogP contribution in [0.3, 0.4) is 0 Å². The van der Waals surface area contributed by atoms with Crippen LogP contribution in [0, 0.1) is 0 Å². The molecule has 1 saturated heterocycles. The molecule has 6 aromatic heterocycles. The zero-order valence-corrected chi connectivity index (χ0v) is 26.6. The highest BCUT2D eigenvalue weighted by Gasteiger charge is 2.13. The number of hydrogen-bond donors (Lipinski definition) is 1. The van der Waals surface area contributed by atoms with Gasteiger partial charge in [0.2, 0.25) is 0 Å². The Bertz CT molecular complexity index is 1610. The minimum absolute atomic E-state index is 0.176. The van der Waals surface area contributed by atoms with E-state index in [4.69, 9.17) is 4.74 Å². The van der Waals surface area contributed by atoms with Crippen molar-refractivity contribution in [2.45, 2.75) is 38.8 Å². The van der Waals surface area contributed by atoms with Gasteiger partial charge < -0.3 is 15.0 Å². The first-order valence-corrected chi connectivity index (χ1v) is 16.1. The molecule has 0 bridgehead atoms. The largest absolute Gasteiger partial charge is 0.381 e. The van der Waals surface area contributed by atoms with Crippen LogP contribution in [0.5, 0.6) is 0 Å². The standard InChI is InChI=1S/C14H15N5S.C13H13N5S.C4H8O/c1-11(12-3-6-15-7-4-12)19-9-5-13(17-19)18(2)14-16-8-10-20-14;1-10(11-2-5-14-6-3-11)18-8-4-12(17-18)16-13-15-7-9-19-13;1-2-4-5-3-1/h3-11H,1-2H3;2-10H,1H3,(H,15,16,17);1-4H2. The zero-order chi connectivity index (χ0) is 30.6. The second-order valence-electron chi connectivity index (χ2n) is 9.90. The number of aromatic nitrogens is 8. The van der Waals surface area contributed by atoms with Gasteiger partial charge in [-0.2, -0.15) is 10.2 Å². The van der Waals surface area contributed by atoms with Crippen molar-refractivity contribution in [3.05, 3.63) is 108 Å². The summed E-state index contributed by atoms with van der Waals surface area (Å²) in [5, 5.41) is 18.0. The maximum Gasteiger partial charge on any atom is 0.190 e. The molecule has 0 radical (unpaired) electrons. The second-order valence-corrected chi connectivity index (χ2v) is 11.7. The van der Waals surface area contributed by atoms with Crippen molar-refractivity contribution in [3.63, 3.8) is 0 Å². The van der Waals surface area contributed by atoms with Crippen LogP contribution in [0.2, 0.25) is 0 Å². The van der Waals surface area contributed by atoms with Crippen molar-refractivity contribution in [1.29, 1.82) is 0 Å². The third-order valence-corrected chi connectivity index (χ3v) is 8.45. The highest BCUT2D eigenvalue weighted by Crippen LogP contribution is 2.25. The molecule has 1 fully saturated rings. The molecule has 0 aromatic carbocycles. The third kappa shape index (κ3) is 8.56. The molecule has 6 aromatic rings. The molecule has 228 valence electrons. The van der Waals surface area contributed by atoms with Gasteiger partial charge in [0.05, 0.1) is 12.1 Å². The molecule has 0 saturated carbocycles. The summed E-state index contributed by atoms with van der Waals surface area (Å²) in [7, 11) is 1.97. The third-order valence-electron chi connectivity index (χ3n) is 6.92. The Kier molecular flexibility index (Phi) is 11.2. The normalized spacial score (nSPS) is 13.6. The molecule has 1 aliphatic rings. The Morgan fingerprint density at radius 1 is 0.750 bits per heavy atom. The van der Waals surface area contributed by atoms with E-state index in [0.717, 1.165) is 35.1 Å². The van der Waals surface area contributed by atoms with Crippen LogP contribution in [0.4, 0.5) is 21.9 Å². The molecule has 7 heterocycles. The Morgan fingerprint density at radius 3 is 1.89 bits per heavy atom. The summed E-state index contributed by atoms with van der Waals surface area (Å²) in [6.07, 6.45) is 17.3. The van der Waals surface area contributed by atoms with E-state index in [1.807, 2.05) is 80.9 Å². The van der Waals surface area contributed by atoms with Crippen molar-refractivity contribution < 1.29 is 4.74 Å². The number of nitrogens with zero attached hydrogens (tertiary/aromatic N) is 9. The van der Waals surface area contributed by atoms with Crippen molar-refractivity contribution in [2.24, 2.45) is 0 Å². The number of pyridine rings is 2. The van der Waals surface area contributed by atoms with E-state index in [1.165, 1.54) is 24.0 Å². The minimum atomic E-state index is 0.176. The van der Waals surface area contributed by atoms with Gasteiger partial charge in [-0.15, -0.1) is 22.7 Å². The maximum absolute atomic E-state index is 4.94. The topological polar surface area (TPSA) is 112 Å². The fourth-order valence-electron chi connectivity index (χ4n) is 4.32. The summed E-state index contributed by atoms with van der Waals surface area (Å²) in [6, 6.07) is 12.3. The number of ether oxygens (including phenoxy) is 1. The second kappa shape index (κ2) is 15.8. The summed E-state index contributed by atoms with van der Waals surface area (Å²) in [4.78, 5) is 18.5. The number of rotatable bonds is 8. The molecule has 11 nitrogen and oxygen atoms in total. The first-order valence-electron chi connectivity index (χ1n) is 14.4. The molecule has 1 N–H and O–H groups in total. The average Bonchev–Trinajstić information content (AvgIpc) is 3.92. The molecule has 44 heavy (non-hydrogen) atoms. The number of hydrogen-bond acceptors (Lipinski definition) is 11. The highest BCUT2D eigenvalue weighted by atomic mass is 32.1. The molecule has 13 heteroatoms. The predicted molar refractivity (Wildman–Crippen MR) is 176 cm³/mol. The smallest absolute Gasteiger partial charge is 0.190 e. The lowest BCUT2D eigenvalue weighted by Crippen LogP contribution is -2.12. The van der Waals surface area contributed by atoms with Crippen molar-refractivity contribution in [2.75, 3.05) is 30.5 Å². The SMILES string of the molecule is C1CCOC1.CC(c1ccncc1)n1ccc(N(C)c2nccs2)n1.CC(c1ccncc1)n1ccc(Nc2nccs2)n1. The van der Waals surface area contributed by atoms with Crippen LogP contribution in [0.25, 0.3) is 0 Å². The summed E-state index contributed by atoms with van der Waals surface area (Å²) < 4.78 is 8.82. The molecule has 1 aliphatic heterocycles. The lowest BCUT2D eigenvalue weighted by atomic mass is 10.1. The highest BCUT2D eigenvalue weighted by molar-refractivity contribution is 7.14. The van der Waals surface area contributed by atoms with Gasteiger partial charge in [0.25, 0.3) is 0 Å². The summed E-state index contributed by atoms with van der Waals surface area (Å²) in [5.41, 5.74) is 2.37. The summed E-state index contributed by atoms with van der Waals surface area (Å²) in [5.74, 6) is 1.69. The number of nitrogens with one attached hydrogen (secondary N) is 1. The lowest BCUT2D eigenvalue weighted by Gasteiger charge is -2.14. The van der Waals surface area contributed by atoms with Crippen LogP contribution in [0.1, 0.15) is 49.9 Å². The lowest BCUT2D eigenvalue weighted by molar-refractivity contribution is 0.198.